The molecule has 5 heteroatoms. The summed E-state index contributed by atoms with van der Waals surface area (Å²) in [6, 6.07) is 20.4. The summed E-state index contributed by atoms with van der Waals surface area (Å²) in [6.07, 6.45) is 10.9. The maximum absolute atomic E-state index is 7.50. The van der Waals surface area contributed by atoms with Gasteiger partial charge in [-0.2, -0.15) is 12.8 Å². The molecule has 1 aliphatic carbocycles. The molecule has 3 rings (SSSR count). The van der Waals surface area contributed by atoms with Gasteiger partial charge < -0.3 is 4.65 Å². The molecule has 0 amide bonds. The summed E-state index contributed by atoms with van der Waals surface area (Å²) < 4.78 is 21.0. The van der Waals surface area contributed by atoms with Gasteiger partial charge in [0.25, 0.3) is 0 Å². The fourth-order valence-corrected chi connectivity index (χ4v) is 2.04. The van der Waals surface area contributed by atoms with Gasteiger partial charge in [0.2, 0.25) is 0 Å². The summed E-state index contributed by atoms with van der Waals surface area (Å²) in [6.45, 7) is 15.4. The number of hydrogen-bond acceptors (Lipinski definition) is 1. The molecule has 29 heavy (non-hydrogen) atoms. The number of rotatable bonds is 4. The number of hydrogen-bond donors (Lipinski definition) is 0. The topological polar surface area (TPSA) is 49.0 Å². The molecule has 2 aromatic carbocycles. The quantitative estimate of drug-likeness (QED) is 0.366. The minimum absolute atomic E-state index is 0. The van der Waals surface area contributed by atoms with Crippen LogP contribution in [0.25, 0.3) is 0 Å². The van der Waals surface area contributed by atoms with Crippen LogP contribution < -0.4 is 0 Å². The Hall–Kier alpha value is -1.67. The zero-order valence-electron chi connectivity index (χ0n) is 16.8. The summed E-state index contributed by atoms with van der Waals surface area (Å²) >= 11 is 0. The molecule has 2 aromatic rings. The average molecular weight is 426 g/mol. The first-order chi connectivity index (χ1) is 13.6. The van der Waals surface area contributed by atoms with E-state index in [2.05, 4.69) is 58.3 Å². The maximum Gasteiger partial charge on any atom is 3.00 e. The second-order valence-electron chi connectivity index (χ2n) is 6.63. The average Bonchev–Trinajstić information content (AvgIpc) is 3.32. The first-order valence-electron chi connectivity index (χ1n) is 8.62. The fourth-order valence-electron chi connectivity index (χ4n) is 2.04. The molecule has 1 fully saturated rings. The van der Waals surface area contributed by atoms with Crippen LogP contribution in [-0.2, 0) is 31.0 Å². The van der Waals surface area contributed by atoms with Crippen LogP contribution in [-0.4, -0.2) is 7.48 Å². The molecule has 1 aliphatic rings. The molecule has 0 spiro atoms. The van der Waals surface area contributed by atoms with Crippen LogP contribution in [0.5, 0.6) is 0 Å². The molecule has 7 radical (unpaired) electrons. The van der Waals surface area contributed by atoms with Crippen molar-refractivity contribution in [2.75, 3.05) is 0 Å². The van der Waals surface area contributed by atoms with E-state index in [1.807, 2.05) is 76.0 Å². The van der Waals surface area contributed by atoms with Crippen LogP contribution in [0, 0.1) is 51.5 Å². The van der Waals surface area contributed by atoms with Gasteiger partial charge in [-0.3, -0.25) is 0 Å². The van der Waals surface area contributed by atoms with Gasteiger partial charge in [-0.25, -0.2) is 0 Å². The molecule has 1 saturated carbocycles. The van der Waals surface area contributed by atoms with Crippen LogP contribution in [0.4, 0.5) is 0 Å². The standard InChI is InChI=1S/C17H19BO.C5H5.2CO.Mn/c1-17(2,3)18-19-16(14-10-6-4-7-11-14)15-12-8-5-9-13-15;1-2-4-5-3-1;2*1-2;/h4-13H,1-3H3;1-5H;;;/q-2;;;;+3. The largest absolute Gasteiger partial charge is 3.00 e. The van der Waals surface area contributed by atoms with Gasteiger partial charge >= 0.3 is 39.7 Å². The second kappa shape index (κ2) is 18.4. The van der Waals surface area contributed by atoms with Gasteiger partial charge in [0.15, 0.2) is 0 Å². The van der Waals surface area contributed by atoms with Crippen LogP contribution in [0.3, 0.4) is 0 Å². The summed E-state index contributed by atoms with van der Waals surface area (Å²) in [5.74, 6) is 0. The van der Waals surface area contributed by atoms with E-state index in [1.54, 1.807) is 0 Å². The first-order valence-corrected chi connectivity index (χ1v) is 8.62. The predicted molar refractivity (Wildman–Crippen MR) is 110 cm³/mol. The van der Waals surface area contributed by atoms with Crippen LogP contribution in [0.2, 0.25) is 5.31 Å². The third kappa shape index (κ3) is 14.0. The van der Waals surface area contributed by atoms with Gasteiger partial charge in [-0.15, -0.1) is 24.3 Å². The molecule has 3 nitrogen and oxygen atoms in total. The molecule has 147 valence electrons. The summed E-state index contributed by atoms with van der Waals surface area (Å²) in [7, 11) is 1.89. The summed E-state index contributed by atoms with van der Waals surface area (Å²) in [5, 5.41) is 0.0226. The molecule has 0 aromatic heterocycles. The van der Waals surface area contributed by atoms with Gasteiger partial charge in [-0.1, -0.05) is 68.3 Å². The Labute approximate surface area is 187 Å². The first kappa shape index (κ1) is 29.5. The van der Waals surface area contributed by atoms with Crippen molar-refractivity contribution in [3.63, 3.8) is 0 Å². The number of benzene rings is 2. The Morgan fingerprint density at radius 1 is 0.690 bits per heavy atom. The Morgan fingerprint density at radius 3 is 1.28 bits per heavy atom. The van der Waals surface area contributed by atoms with Crippen LogP contribution in [0.15, 0.2) is 60.7 Å². The second-order valence-corrected chi connectivity index (χ2v) is 6.63. The normalized spacial score (nSPS) is 11.7. The molecule has 0 bridgehead atoms. The van der Waals surface area contributed by atoms with E-state index >= 15 is 0 Å². The summed E-state index contributed by atoms with van der Waals surface area (Å²) in [4.78, 5) is 0. The maximum atomic E-state index is 7.50. The molecule has 0 heterocycles. The van der Waals surface area contributed by atoms with Crippen molar-refractivity contribution in [3.05, 3.63) is 123 Å². The molecule has 0 unspecified atom stereocenters. The molecular weight excluding hydrogens is 402 g/mol. The van der Waals surface area contributed by atoms with E-state index in [9.17, 15) is 0 Å². The minimum atomic E-state index is 0. The van der Waals surface area contributed by atoms with Crippen molar-refractivity contribution >= 4 is 7.48 Å². The van der Waals surface area contributed by atoms with E-state index in [4.69, 9.17) is 14.0 Å². The Balaban J connectivity index is 0. The van der Waals surface area contributed by atoms with E-state index < -0.39 is 0 Å². The molecular formula is C24H24BMnO3+. The summed E-state index contributed by atoms with van der Waals surface area (Å²) in [5.41, 5.74) is 2.18. The monoisotopic (exact) mass is 426 g/mol. The van der Waals surface area contributed by atoms with Gasteiger partial charge in [-0.05, 0) is 38.2 Å². The van der Waals surface area contributed by atoms with Crippen molar-refractivity contribution in [2.45, 2.75) is 26.1 Å². The van der Waals surface area contributed by atoms with Crippen molar-refractivity contribution in [1.29, 1.82) is 0 Å². The van der Waals surface area contributed by atoms with Crippen molar-refractivity contribution < 1.29 is 31.0 Å². The SMILES string of the molecule is CC(C)(C)[B-]O[C-](c1ccccc1)c1ccccc1.[C-]#[O+].[C-]#[O+].[CH]1[CH][CH][CH][CH]1.[Mn+3]. The van der Waals surface area contributed by atoms with E-state index in [0.29, 0.717) is 0 Å². The van der Waals surface area contributed by atoms with E-state index in [0.717, 1.165) is 17.2 Å². The Bertz CT molecular complexity index is 594. The molecule has 0 atom stereocenters. The third-order valence-corrected chi connectivity index (χ3v) is 3.16. The molecule has 0 N–H and O–H groups in total. The van der Waals surface area contributed by atoms with Crippen molar-refractivity contribution in [2.24, 2.45) is 0 Å². The Morgan fingerprint density at radius 2 is 1.00 bits per heavy atom. The van der Waals surface area contributed by atoms with Crippen molar-refractivity contribution in [3.8, 4) is 0 Å². The predicted octanol–water partition coefficient (Wildman–Crippen LogP) is 5.41. The third-order valence-electron chi connectivity index (χ3n) is 3.16. The zero-order chi connectivity index (χ0) is 21.3. The minimum Gasteiger partial charge on any atom is -0.0312 e. The van der Waals surface area contributed by atoms with Crippen LogP contribution >= 0.6 is 0 Å². The fraction of sp³-hybridized carbons (Fsp3) is 0.167. The smallest absolute Gasteiger partial charge is 0.0312 e. The van der Waals surface area contributed by atoms with E-state index in [-0.39, 0.29) is 22.4 Å². The van der Waals surface area contributed by atoms with Gasteiger partial charge in [0, 0.05) is 0 Å². The van der Waals surface area contributed by atoms with Gasteiger partial charge in [0.05, 0.1) is 0 Å². The molecule has 0 aliphatic heterocycles. The van der Waals surface area contributed by atoms with Crippen molar-refractivity contribution in [1.82, 2.24) is 0 Å². The Kier molecular flexibility index (Phi) is 18.7. The molecule has 0 saturated heterocycles. The van der Waals surface area contributed by atoms with E-state index in [1.165, 1.54) is 0 Å². The van der Waals surface area contributed by atoms with Crippen LogP contribution in [0.1, 0.15) is 31.9 Å². The zero-order valence-corrected chi connectivity index (χ0v) is 18.0. The van der Waals surface area contributed by atoms with Gasteiger partial charge in [0.1, 0.15) is 0 Å².